The maximum absolute atomic E-state index is 14.5. The van der Waals surface area contributed by atoms with Crippen molar-refractivity contribution < 1.29 is 63.0 Å². The second-order valence-corrected chi connectivity index (χ2v) is 13.9. The number of nitrogens with zero attached hydrogens (tertiary/aromatic N) is 1. The van der Waals surface area contributed by atoms with Gasteiger partial charge in [-0.25, -0.2) is 0 Å². The van der Waals surface area contributed by atoms with Gasteiger partial charge >= 0.3 is 11.9 Å². The summed E-state index contributed by atoms with van der Waals surface area (Å²) in [5.74, 6) is -2.72. The van der Waals surface area contributed by atoms with Gasteiger partial charge in [-0.1, -0.05) is 24.3 Å². The van der Waals surface area contributed by atoms with Crippen molar-refractivity contribution in [2.45, 2.75) is 108 Å². The lowest BCUT2D eigenvalue weighted by Crippen LogP contribution is -2.71. The maximum atomic E-state index is 14.5. The number of amides is 2. The van der Waals surface area contributed by atoms with E-state index in [1.807, 2.05) is 24.3 Å². The number of aliphatic hydroxyl groups excluding tert-OH is 3. The standard InChI is InChI=1S/C34H47N3O13/c1-19(40)25(30(42)35-22(17-39)9-10-24(41)49-33(2,3)4)36-32(44)34-15-23-26-27(47-18-46-26)29(34)50-37(28(34)31(43)48-23)16-21-7-5-20(6-8-21)11-13-45-14-12-38/h5-8,11,13,19,22-23,25-29,38-40H,9-10,12,14-18H2,1-4H3,(H,35,42)(H,36,44). The van der Waals surface area contributed by atoms with E-state index in [9.17, 15) is 29.4 Å². The van der Waals surface area contributed by atoms with Crippen molar-refractivity contribution in [3.05, 3.63) is 41.7 Å². The molecule has 4 fully saturated rings. The first-order valence-corrected chi connectivity index (χ1v) is 16.7. The van der Waals surface area contributed by atoms with Gasteiger partial charge in [-0.15, -0.1) is 0 Å². The number of hydroxylamine groups is 2. The number of aliphatic hydroxyl groups is 3. The third-order valence-electron chi connectivity index (χ3n) is 9.11. The summed E-state index contributed by atoms with van der Waals surface area (Å²) in [5, 5.41) is 36.1. The summed E-state index contributed by atoms with van der Waals surface area (Å²) in [5.41, 5.74) is -0.700. The first kappa shape index (κ1) is 37.6. The molecular formula is C34H47N3O13. The molecule has 0 aromatic heterocycles. The van der Waals surface area contributed by atoms with Gasteiger partial charge in [0.1, 0.15) is 54.9 Å². The molecule has 1 aromatic carbocycles. The predicted molar refractivity (Wildman–Crippen MR) is 172 cm³/mol. The number of ether oxygens (including phenoxy) is 5. The predicted octanol–water partition coefficient (Wildman–Crippen LogP) is -0.328. The molecule has 2 amide bonds. The summed E-state index contributed by atoms with van der Waals surface area (Å²) in [7, 11) is 0. The second-order valence-electron chi connectivity index (χ2n) is 13.9. The molecule has 3 saturated heterocycles. The lowest BCUT2D eigenvalue weighted by molar-refractivity contribution is -0.201. The van der Waals surface area contributed by atoms with E-state index in [2.05, 4.69) is 10.6 Å². The van der Waals surface area contributed by atoms with Crippen LogP contribution in [-0.4, -0.2) is 125 Å². The fraction of sp³-hybridized carbons (Fsp3) is 0.647. The Kier molecular flexibility index (Phi) is 11.8. The molecule has 5 rings (SSSR count). The average molecular weight is 706 g/mol. The first-order chi connectivity index (χ1) is 23.8. The second kappa shape index (κ2) is 15.7. The van der Waals surface area contributed by atoms with E-state index >= 15 is 0 Å². The number of carbonyl (C=O) groups is 4. The molecule has 4 aliphatic rings. The highest BCUT2D eigenvalue weighted by Gasteiger charge is 2.74. The molecule has 9 unspecified atom stereocenters. The number of hydrogen-bond donors (Lipinski definition) is 5. The Morgan fingerprint density at radius 3 is 2.50 bits per heavy atom. The summed E-state index contributed by atoms with van der Waals surface area (Å²) in [6, 6.07) is 3.73. The highest BCUT2D eigenvalue weighted by molar-refractivity contribution is 5.96. The lowest BCUT2D eigenvalue weighted by Gasteiger charge is -2.49. The van der Waals surface area contributed by atoms with Gasteiger partial charge in [-0.2, -0.15) is 5.06 Å². The molecule has 50 heavy (non-hydrogen) atoms. The summed E-state index contributed by atoms with van der Waals surface area (Å²) >= 11 is 0. The van der Waals surface area contributed by atoms with Crippen LogP contribution >= 0.6 is 0 Å². The van der Waals surface area contributed by atoms with Gasteiger partial charge in [0.25, 0.3) is 0 Å². The summed E-state index contributed by atoms with van der Waals surface area (Å²) in [6.45, 7) is 6.08. The van der Waals surface area contributed by atoms with Crippen LogP contribution in [0.4, 0.5) is 0 Å². The quantitative estimate of drug-likeness (QED) is 0.0899. The van der Waals surface area contributed by atoms with Crippen LogP contribution in [0.3, 0.4) is 0 Å². The van der Waals surface area contributed by atoms with Gasteiger partial charge in [-0.3, -0.25) is 24.0 Å². The molecule has 276 valence electrons. The van der Waals surface area contributed by atoms with E-state index in [0.29, 0.717) is 0 Å². The molecule has 0 spiro atoms. The molecular weight excluding hydrogens is 658 g/mol. The Labute approximate surface area is 289 Å². The molecule has 16 heteroatoms. The van der Waals surface area contributed by atoms with Crippen molar-refractivity contribution in [2.24, 2.45) is 5.41 Å². The topological polar surface area (TPSA) is 212 Å². The number of benzene rings is 1. The van der Waals surface area contributed by atoms with E-state index < -0.39 is 90.0 Å². The van der Waals surface area contributed by atoms with Crippen molar-refractivity contribution in [3.63, 3.8) is 0 Å². The zero-order valence-corrected chi connectivity index (χ0v) is 28.6. The largest absolute Gasteiger partial charge is 0.499 e. The first-order valence-electron chi connectivity index (χ1n) is 16.7. The molecule has 5 N–H and O–H groups in total. The minimum absolute atomic E-state index is 0.0157. The maximum Gasteiger partial charge on any atom is 0.327 e. The van der Waals surface area contributed by atoms with E-state index in [0.717, 1.165) is 11.1 Å². The van der Waals surface area contributed by atoms with E-state index in [-0.39, 0.29) is 45.8 Å². The number of fused-ring (bicyclic) bond motifs is 4. The molecule has 1 aliphatic carbocycles. The van der Waals surface area contributed by atoms with Crippen LogP contribution in [0.25, 0.3) is 6.08 Å². The molecule has 9 atom stereocenters. The van der Waals surface area contributed by atoms with Crippen LogP contribution < -0.4 is 10.6 Å². The minimum Gasteiger partial charge on any atom is -0.499 e. The number of hydrogen-bond acceptors (Lipinski definition) is 14. The van der Waals surface area contributed by atoms with Crippen molar-refractivity contribution in [1.82, 2.24) is 15.7 Å². The fourth-order valence-corrected chi connectivity index (χ4v) is 6.86. The van der Waals surface area contributed by atoms with Gasteiger partial charge in [0.2, 0.25) is 11.8 Å². The Morgan fingerprint density at radius 2 is 1.84 bits per heavy atom. The molecule has 2 bridgehead atoms. The van der Waals surface area contributed by atoms with E-state index in [1.54, 1.807) is 26.8 Å². The molecule has 0 radical (unpaired) electrons. The lowest BCUT2D eigenvalue weighted by atomic mass is 9.62. The number of esters is 2. The SMILES string of the molecule is CC(O)C(NC(=O)C12CC3OC(=O)C1N(Cc1ccc(C=COCCO)cc1)OC2C1OCOC31)C(=O)NC(CO)CCC(=O)OC(C)(C)C. The zero-order valence-electron chi connectivity index (χ0n) is 28.6. The minimum atomic E-state index is -1.58. The van der Waals surface area contributed by atoms with Crippen molar-refractivity contribution >= 4 is 29.8 Å². The van der Waals surface area contributed by atoms with Crippen LogP contribution in [0.15, 0.2) is 30.5 Å². The van der Waals surface area contributed by atoms with Crippen LogP contribution in [0.1, 0.15) is 58.1 Å². The number of rotatable bonds is 15. The molecule has 1 aromatic rings. The van der Waals surface area contributed by atoms with Crippen LogP contribution in [0, 0.1) is 5.41 Å². The van der Waals surface area contributed by atoms with E-state index in [4.69, 9.17) is 33.6 Å². The average Bonchev–Trinajstić information content (AvgIpc) is 3.68. The molecule has 1 saturated carbocycles. The van der Waals surface area contributed by atoms with Crippen LogP contribution in [0.2, 0.25) is 0 Å². The Bertz CT molecular complexity index is 1410. The number of nitrogens with one attached hydrogen (secondary N) is 2. The molecule has 16 nitrogen and oxygen atoms in total. The third kappa shape index (κ3) is 8.12. The van der Waals surface area contributed by atoms with Crippen LogP contribution in [-0.2, 0) is 54.2 Å². The Balaban J connectivity index is 1.34. The van der Waals surface area contributed by atoms with Gasteiger partial charge in [0.15, 0.2) is 6.04 Å². The zero-order chi connectivity index (χ0) is 36.2. The number of carbonyl (C=O) groups excluding carboxylic acids is 4. The van der Waals surface area contributed by atoms with Crippen molar-refractivity contribution in [1.29, 1.82) is 0 Å². The normalized spacial score (nSPS) is 29.1. The molecule has 3 heterocycles. The highest BCUT2D eigenvalue weighted by Crippen LogP contribution is 2.55. The van der Waals surface area contributed by atoms with Crippen LogP contribution in [0.5, 0.6) is 0 Å². The highest BCUT2D eigenvalue weighted by atomic mass is 16.8. The summed E-state index contributed by atoms with van der Waals surface area (Å²) < 4.78 is 27.9. The van der Waals surface area contributed by atoms with Gasteiger partial charge in [0, 0.05) is 12.8 Å². The van der Waals surface area contributed by atoms with Gasteiger partial charge in [0.05, 0.1) is 38.2 Å². The monoisotopic (exact) mass is 705 g/mol. The van der Waals surface area contributed by atoms with E-state index in [1.165, 1.54) is 18.2 Å². The van der Waals surface area contributed by atoms with Crippen molar-refractivity contribution in [3.8, 4) is 0 Å². The Hall–Kier alpha value is -3.64. The smallest absolute Gasteiger partial charge is 0.327 e. The summed E-state index contributed by atoms with van der Waals surface area (Å²) in [6.07, 6.45) is -1.44. The third-order valence-corrected chi connectivity index (χ3v) is 9.11. The fourth-order valence-electron chi connectivity index (χ4n) is 6.86. The Morgan fingerprint density at radius 1 is 1.12 bits per heavy atom. The molecule has 3 aliphatic heterocycles. The summed E-state index contributed by atoms with van der Waals surface area (Å²) in [4.78, 5) is 60.2. The van der Waals surface area contributed by atoms with Crippen molar-refractivity contribution in [2.75, 3.05) is 26.6 Å². The van der Waals surface area contributed by atoms with Gasteiger partial charge < -0.3 is 49.6 Å². The van der Waals surface area contributed by atoms with Gasteiger partial charge in [-0.05, 0) is 51.3 Å².